The van der Waals surface area contributed by atoms with Crippen LogP contribution in [-0.4, -0.2) is 0 Å². The van der Waals surface area contributed by atoms with Crippen molar-refractivity contribution in [3.63, 3.8) is 0 Å². The summed E-state index contributed by atoms with van der Waals surface area (Å²) in [5.74, 6) is 4.19. The van der Waals surface area contributed by atoms with E-state index in [0.29, 0.717) is 0 Å². The molecular formula is C20H36. The second-order valence-corrected chi connectivity index (χ2v) is 8.73. The molecule has 116 valence electrons. The summed E-state index contributed by atoms with van der Waals surface area (Å²) in [7, 11) is 0. The van der Waals surface area contributed by atoms with Gasteiger partial charge in [0.25, 0.3) is 0 Å². The molecule has 0 heterocycles. The van der Waals surface area contributed by atoms with Gasteiger partial charge in [0.15, 0.2) is 0 Å². The summed E-state index contributed by atoms with van der Waals surface area (Å²) in [4.78, 5) is 0. The molecule has 3 fully saturated rings. The largest absolute Gasteiger partial charge is 0.0625 e. The normalized spacial score (nSPS) is 42.3. The molecule has 0 nitrogen and oxygen atoms in total. The average Bonchev–Trinajstić information content (AvgIpc) is 2.48. The van der Waals surface area contributed by atoms with Crippen molar-refractivity contribution in [3.8, 4) is 0 Å². The lowest BCUT2D eigenvalue weighted by Gasteiger charge is -2.53. The topological polar surface area (TPSA) is 0 Å². The highest BCUT2D eigenvalue weighted by Crippen LogP contribution is 2.57. The molecule has 0 heteroatoms. The van der Waals surface area contributed by atoms with Crippen molar-refractivity contribution in [1.82, 2.24) is 0 Å². The van der Waals surface area contributed by atoms with Crippen LogP contribution < -0.4 is 0 Å². The monoisotopic (exact) mass is 276 g/mol. The van der Waals surface area contributed by atoms with Gasteiger partial charge < -0.3 is 0 Å². The molecule has 0 aromatic rings. The fraction of sp³-hybridized carbons (Fsp3) is 1.00. The lowest BCUT2D eigenvalue weighted by molar-refractivity contribution is -0.0285. The summed E-state index contributed by atoms with van der Waals surface area (Å²) in [6.07, 6.45) is 20.1. The molecule has 3 rings (SSSR count). The van der Waals surface area contributed by atoms with Crippen LogP contribution in [0.2, 0.25) is 0 Å². The van der Waals surface area contributed by atoms with Gasteiger partial charge in [0.1, 0.15) is 0 Å². The highest BCUT2D eigenvalue weighted by Gasteiger charge is 2.47. The molecule has 3 aliphatic carbocycles. The summed E-state index contributed by atoms with van der Waals surface area (Å²) >= 11 is 0. The van der Waals surface area contributed by atoms with Crippen molar-refractivity contribution in [3.05, 3.63) is 0 Å². The Hall–Kier alpha value is 0. The van der Waals surface area contributed by atoms with E-state index in [2.05, 4.69) is 13.8 Å². The van der Waals surface area contributed by atoms with Gasteiger partial charge in [0.05, 0.1) is 0 Å². The predicted molar refractivity (Wildman–Crippen MR) is 87.8 cm³/mol. The zero-order valence-corrected chi connectivity index (χ0v) is 14.0. The third kappa shape index (κ3) is 2.95. The maximum Gasteiger partial charge on any atom is -0.0241 e. The van der Waals surface area contributed by atoms with Gasteiger partial charge in [-0.15, -0.1) is 0 Å². The SMILES string of the molecule is CC1CCCC(C2(C3CCCC(C)C3)CCCCC2)C1. The Labute approximate surface area is 127 Å². The minimum Gasteiger partial charge on any atom is -0.0625 e. The van der Waals surface area contributed by atoms with E-state index in [9.17, 15) is 0 Å². The molecule has 0 aliphatic heterocycles. The van der Waals surface area contributed by atoms with Crippen molar-refractivity contribution in [1.29, 1.82) is 0 Å². The van der Waals surface area contributed by atoms with Gasteiger partial charge in [0, 0.05) is 0 Å². The number of hydrogen-bond acceptors (Lipinski definition) is 0. The summed E-state index contributed by atoms with van der Waals surface area (Å²) in [6, 6.07) is 0. The van der Waals surface area contributed by atoms with E-state index in [0.717, 1.165) is 29.1 Å². The molecule has 0 aromatic carbocycles. The molecule has 3 saturated carbocycles. The zero-order valence-electron chi connectivity index (χ0n) is 14.0. The second kappa shape index (κ2) is 6.41. The van der Waals surface area contributed by atoms with Crippen molar-refractivity contribution in [2.45, 2.75) is 97.3 Å². The smallest absolute Gasteiger partial charge is 0.0241 e. The van der Waals surface area contributed by atoms with Crippen LogP contribution in [0.15, 0.2) is 0 Å². The molecule has 20 heavy (non-hydrogen) atoms. The summed E-state index contributed by atoms with van der Waals surface area (Å²) in [5, 5.41) is 0. The molecule has 0 amide bonds. The molecule has 0 radical (unpaired) electrons. The maximum atomic E-state index is 2.52. The number of hydrogen-bond donors (Lipinski definition) is 0. The van der Waals surface area contributed by atoms with Gasteiger partial charge in [-0.1, -0.05) is 58.8 Å². The fourth-order valence-electron chi connectivity index (χ4n) is 6.27. The fourth-order valence-corrected chi connectivity index (χ4v) is 6.27. The first kappa shape index (κ1) is 14.9. The molecule has 0 bridgehead atoms. The summed E-state index contributed by atoms with van der Waals surface area (Å²) < 4.78 is 0. The third-order valence-corrected chi connectivity index (χ3v) is 7.28. The Bertz CT molecular complexity index is 275. The minimum atomic E-state index is 0.779. The van der Waals surface area contributed by atoms with E-state index in [4.69, 9.17) is 0 Å². The van der Waals surface area contributed by atoms with E-state index in [1.807, 2.05) is 0 Å². The van der Waals surface area contributed by atoms with E-state index >= 15 is 0 Å². The van der Waals surface area contributed by atoms with Crippen LogP contribution in [0.3, 0.4) is 0 Å². The molecule has 0 spiro atoms. The Morgan fingerprint density at radius 2 is 1.10 bits per heavy atom. The van der Waals surface area contributed by atoms with Crippen LogP contribution in [0.5, 0.6) is 0 Å². The molecule has 3 aliphatic rings. The van der Waals surface area contributed by atoms with Crippen LogP contribution in [0.1, 0.15) is 97.3 Å². The summed E-state index contributed by atoms with van der Waals surface area (Å²) in [6.45, 7) is 5.04. The molecule has 0 aromatic heterocycles. The first-order valence-electron chi connectivity index (χ1n) is 9.71. The Morgan fingerprint density at radius 1 is 0.600 bits per heavy atom. The lowest BCUT2D eigenvalue weighted by Crippen LogP contribution is -2.43. The van der Waals surface area contributed by atoms with Crippen LogP contribution >= 0.6 is 0 Å². The van der Waals surface area contributed by atoms with Gasteiger partial charge in [-0.25, -0.2) is 0 Å². The molecular weight excluding hydrogens is 240 g/mol. The highest BCUT2D eigenvalue weighted by atomic mass is 14.5. The first-order valence-corrected chi connectivity index (χ1v) is 9.71. The van der Waals surface area contributed by atoms with Crippen molar-refractivity contribution in [2.24, 2.45) is 29.1 Å². The zero-order chi connectivity index (χ0) is 14.0. The van der Waals surface area contributed by atoms with Gasteiger partial charge in [-0.3, -0.25) is 0 Å². The molecule has 0 N–H and O–H groups in total. The standard InChI is InChI=1S/C20H36/c1-16-8-6-10-18(14-16)20(12-4-3-5-13-20)19-11-7-9-17(2)15-19/h16-19H,3-15H2,1-2H3. The summed E-state index contributed by atoms with van der Waals surface area (Å²) in [5.41, 5.74) is 0.779. The number of rotatable bonds is 2. The Morgan fingerprint density at radius 3 is 1.55 bits per heavy atom. The van der Waals surface area contributed by atoms with Crippen LogP contribution in [0.4, 0.5) is 0 Å². The van der Waals surface area contributed by atoms with Gasteiger partial charge in [-0.05, 0) is 67.6 Å². The van der Waals surface area contributed by atoms with E-state index in [1.165, 1.54) is 44.9 Å². The Kier molecular flexibility index (Phi) is 4.78. The highest BCUT2D eigenvalue weighted by molar-refractivity contribution is 4.97. The minimum absolute atomic E-state index is 0.779. The van der Waals surface area contributed by atoms with Crippen molar-refractivity contribution in [2.75, 3.05) is 0 Å². The van der Waals surface area contributed by atoms with Crippen molar-refractivity contribution < 1.29 is 0 Å². The Balaban J connectivity index is 1.79. The molecule has 4 unspecified atom stereocenters. The quantitative estimate of drug-likeness (QED) is 0.533. The van der Waals surface area contributed by atoms with E-state index < -0.39 is 0 Å². The van der Waals surface area contributed by atoms with Crippen LogP contribution in [0.25, 0.3) is 0 Å². The van der Waals surface area contributed by atoms with E-state index in [1.54, 1.807) is 38.5 Å². The molecule has 0 saturated heterocycles. The molecule has 4 atom stereocenters. The van der Waals surface area contributed by atoms with Crippen LogP contribution in [-0.2, 0) is 0 Å². The van der Waals surface area contributed by atoms with Crippen molar-refractivity contribution >= 4 is 0 Å². The average molecular weight is 277 g/mol. The third-order valence-electron chi connectivity index (χ3n) is 7.28. The predicted octanol–water partition coefficient (Wildman–Crippen LogP) is 6.59. The maximum absolute atomic E-state index is 2.52. The lowest BCUT2D eigenvalue weighted by atomic mass is 9.52. The second-order valence-electron chi connectivity index (χ2n) is 8.73. The van der Waals surface area contributed by atoms with Crippen LogP contribution in [0, 0.1) is 29.1 Å². The van der Waals surface area contributed by atoms with Gasteiger partial charge >= 0.3 is 0 Å². The van der Waals surface area contributed by atoms with Gasteiger partial charge in [0.2, 0.25) is 0 Å². The van der Waals surface area contributed by atoms with Gasteiger partial charge in [-0.2, -0.15) is 0 Å². The first-order chi connectivity index (χ1) is 9.71. The van der Waals surface area contributed by atoms with E-state index in [-0.39, 0.29) is 0 Å².